The second-order valence-corrected chi connectivity index (χ2v) is 6.44. The zero-order chi connectivity index (χ0) is 17.1. The smallest absolute Gasteiger partial charge is 0.248 e. The van der Waals surface area contributed by atoms with Crippen LogP contribution in [-0.2, 0) is 6.61 Å². The molecule has 5 heteroatoms. The number of hydrogen-bond donors (Lipinski definition) is 1. The first-order valence-corrected chi connectivity index (χ1v) is 8.45. The first-order chi connectivity index (χ1) is 11.6. The monoisotopic (exact) mass is 433 g/mol. The molecular weight excluding hydrogens is 417 g/mol. The van der Waals surface area contributed by atoms with Crippen LogP contribution in [0.2, 0.25) is 0 Å². The summed E-state index contributed by atoms with van der Waals surface area (Å²) in [5, 5.41) is 2.33. The first kappa shape index (κ1) is 16.6. The van der Waals surface area contributed by atoms with Gasteiger partial charge in [-0.05, 0) is 51.1 Å². The van der Waals surface area contributed by atoms with Gasteiger partial charge in [0.2, 0.25) is 5.91 Å². The van der Waals surface area contributed by atoms with Crippen molar-refractivity contribution in [1.82, 2.24) is 0 Å². The largest absolute Gasteiger partial charge is 0.493 e. The van der Waals surface area contributed by atoms with Crippen molar-refractivity contribution in [3.8, 4) is 11.5 Å². The number of primary amides is 1. The van der Waals surface area contributed by atoms with Crippen molar-refractivity contribution in [3.05, 3.63) is 69.3 Å². The number of carbonyl (C=O) groups is 1. The molecule has 2 N–H and O–H groups in total. The van der Waals surface area contributed by atoms with Gasteiger partial charge in [0.25, 0.3) is 0 Å². The average Bonchev–Trinajstić information content (AvgIpc) is 2.60. The minimum Gasteiger partial charge on any atom is -0.493 e. The zero-order valence-electron chi connectivity index (χ0n) is 13.1. The predicted octanol–water partition coefficient (Wildman–Crippen LogP) is 4.13. The Kier molecular flexibility index (Phi) is 4.89. The lowest BCUT2D eigenvalue weighted by Gasteiger charge is -2.14. The van der Waals surface area contributed by atoms with Crippen LogP contribution < -0.4 is 15.2 Å². The number of nitrogens with two attached hydrogens (primary N) is 1. The maximum Gasteiger partial charge on any atom is 0.248 e. The molecule has 0 unspecified atom stereocenters. The van der Waals surface area contributed by atoms with Crippen molar-refractivity contribution >= 4 is 39.3 Å². The van der Waals surface area contributed by atoms with E-state index < -0.39 is 5.91 Å². The van der Waals surface area contributed by atoms with E-state index in [2.05, 4.69) is 40.8 Å². The molecule has 0 atom stereocenters. The highest BCUT2D eigenvalue weighted by molar-refractivity contribution is 14.1. The molecule has 24 heavy (non-hydrogen) atoms. The molecule has 0 fully saturated rings. The lowest BCUT2D eigenvalue weighted by atomic mass is 10.1. The molecule has 0 radical (unpaired) electrons. The van der Waals surface area contributed by atoms with E-state index in [9.17, 15) is 4.79 Å². The normalized spacial score (nSPS) is 10.6. The fourth-order valence-corrected chi connectivity index (χ4v) is 3.33. The molecule has 4 nitrogen and oxygen atoms in total. The minimum atomic E-state index is -0.494. The van der Waals surface area contributed by atoms with Crippen LogP contribution in [0.1, 0.15) is 15.9 Å². The molecule has 0 saturated carbocycles. The highest BCUT2D eigenvalue weighted by Crippen LogP contribution is 2.35. The highest BCUT2D eigenvalue weighted by atomic mass is 127. The fraction of sp³-hybridized carbons (Fsp3) is 0.105. The summed E-state index contributed by atoms with van der Waals surface area (Å²) in [5.74, 6) is 0.610. The quantitative estimate of drug-likeness (QED) is 0.616. The van der Waals surface area contributed by atoms with E-state index in [0.29, 0.717) is 23.7 Å². The topological polar surface area (TPSA) is 61.5 Å². The molecule has 0 aliphatic rings. The van der Waals surface area contributed by atoms with Crippen molar-refractivity contribution < 1.29 is 14.3 Å². The molecule has 0 saturated heterocycles. The van der Waals surface area contributed by atoms with Crippen molar-refractivity contribution in [2.75, 3.05) is 7.11 Å². The summed E-state index contributed by atoms with van der Waals surface area (Å²) < 4.78 is 12.1. The van der Waals surface area contributed by atoms with E-state index in [0.717, 1.165) is 14.5 Å². The van der Waals surface area contributed by atoms with Crippen molar-refractivity contribution in [2.45, 2.75) is 6.61 Å². The second-order valence-electron chi connectivity index (χ2n) is 5.28. The average molecular weight is 433 g/mol. The van der Waals surface area contributed by atoms with Crippen LogP contribution in [-0.4, -0.2) is 13.0 Å². The van der Waals surface area contributed by atoms with Crippen molar-refractivity contribution in [3.63, 3.8) is 0 Å². The Hall–Kier alpha value is -2.28. The Morgan fingerprint density at radius 2 is 1.88 bits per heavy atom. The lowest BCUT2D eigenvalue weighted by molar-refractivity contribution is 0.1000. The molecule has 3 aromatic rings. The predicted molar refractivity (Wildman–Crippen MR) is 103 cm³/mol. The third kappa shape index (κ3) is 3.31. The zero-order valence-corrected chi connectivity index (χ0v) is 15.2. The van der Waals surface area contributed by atoms with Crippen molar-refractivity contribution in [2.24, 2.45) is 5.73 Å². The minimum absolute atomic E-state index is 0.397. The lowest BCUT2D eigenvalue weighted by Crippen LogP contribution is -2.12. The van der Waals surface area contributed by atoms with E-state index in [1.54, 1.807) is 19.2 Å². The van der Waals surface area contributed by atoms with Crippen LogP contribution in [0.4, 0.5) is 0 Å². The Labute approximate surface area is 153 Å². The van der Waals surface area contributed by atoms with Crippen LogP contribution in [0.3, 0.4) is 0 Å². The van der Waals surface area contributed by atoms with E-state index in [-0.39, 0.29) is 0 Å². The number of amides is 1. The number of hydrogen-bond acceptors (Lipinski definition) is 3. The van der Waals surface area contributed by atoms with Gasteiger partial charge in [-0.25, -0.2) is 0 Å². The summed E-state index contributed by atoms with van der Waals surface area (Å²) in [6, 6.07) is 17.6. The van der Waals surface area contributed by atoms with Gasteiger partial charge in [-0.1, -0.05) is 42.5 Å². The number of halogens is 1. The molecule has 3 rings (SSSR count). The molecule has 0 bridgehead atoms. The number of carbonyl (C=O) groups excluding carboxylic acids is 1. The molecule has 0 aromatic heterocycles. The molecule has 122 valence electrons. The highest BCUT2D eigenvalue weighted by Gasteiger charge is 2.14. The third-order valence-corrected chi connectivity index (χ3v) is 4.57. The number of methoxy groups -OCH3 is 1. The van der Waals surface area contributed by atoms with Gasteiger partial charge in [0, 0.05) is 5.56 Å². The maximum absolute atomic E-state index is 11.4. The Morgan fingerprint density at radius 1 is 1.12 bits per heavy atom. The standard InChI is InChI=1S/C19H16INO3/c1-23-17-10-14(19(21)22)9-16(20)18(17)24-11-13-7-4-6-12-5-2-3-8-15(12)13/h2-10H,11H2,1H3,(H2,21,22). The summed E-state index contributed by atoms with van der Waals surface area (Å²) in [7, 11) is 1.54. The molecule has 1 amide bonds. The van der Waals surface area contributed by atoms with Gasteiger partial charge in [-0.3, -0.25) is 4.79 Å². The maximum atomic E-state index is 11.4. The van der Waals surface area contributed by atoms with E-state index in [4.69, 9.17) is 15.2 Å². The Balaban J connectivity index is 1.92. The summed E-state index contributed by atoms with van der Waals surface area (Å²) in [4.78, 5) is 11.4. The molecule has 0 aliphatic heterocycles. The van der Waals surface area contributed by atoms with Crippen LogP contribution in [0, 0.1) is 3.57 Å². The Morgan fingerprint density at radius 3 is 2.62 bits per heavy atom. The number of rotatable bonds is 5. The van der Waals surface area contributed by atoms with Crippen LogP contribution >= 0.6 is 22.6 Å². The van der Waals surface area contributed by atoms with Gasteiger partial charge in [0.05, 0.1) is 10.7 Å². The first-order valence-electron chi connectivity index (χ1n) is 7.37. The molecular formula is C19H16INO3. The van der Waals surface area contributed by atoms with E-state index in [1.807, 2.05) is 24.3 Å². The van der Waals surface area contributed by atoms with Gasteiger partial charge >= 0.3 is 0 Å². The van der Waals surface area contributed by atoms with Crippen LogP contribution in [0.25, 0.3) is 10.8 Å². The van der Waals surface area contributed by atoms with Gasteiger partial charge in [0.1, 0.15) is 6.61 Å². The van der Waals surface area contributed by atoms with E-state index >= 15 is 0 Å². The fourth-order valence-electron chi connectivity index (χ4n) is 2.57. The van der Waals surface area contributed by atoms with Crippen LogP contribution in [0.5, 0.6) is 11.5 Å². The van der Waals surface area contributed by atoms with Crippen molar-refractivity contribution in [1.29, 1.82) is 0 Å². The third-order valence-electron chi connectivity index (χ3n) is 3.77. The number of ether oxygens (including phenoxy) is 2. The van der Waals surface area contributed by atoms with E-state index in [1.165, 1.54) is 5.39 Å². The number of benzene rings is 3. The van der Waals surface area contributed by atoms with Gasteiger partial charge in [0.15, 0.2) is 11.5 Å². The van der Waals surface area contributed by atoms with Gasteiger partial charge in [-0.15, -0.1) is 0 Å². The molecule has 0 aliphatic carbocycles. The molecule has 0 spiro atoms. The SMILES string of the molecule is COc1cc(C(N)=O)cc(I)c1OCc1cccc2ccccc12. The number of fused-ring (bicyclic) bond motifs is 1. The molecule has 0 heterocycles. The summed E-state index contributed by atoms with van der Waals surface area (Å²) in [5.41, 5.74) is 6.83. The summed E-state index contributed by atoms with van der Waals surface area (Å²) in [6.45, 7) is 0.406. The summed E-state index contributed by atoms with van der Waals surface area (Å²) >= 11 is 2.12. The second kappa shape index (κ2) is 7.09. The summed E-state index contributed by atoms with van der Waals surface area (Å²) in [6.07, 6.45) is 0. The van der Waals surface area contributed by atoms with Gasteiger partial charge in [-0.2, -0.15) is 0 Å². The van der Waals surface area contributed by atoms with Crippen LogP contribution in [0.15, 0.2) is 54.6 Å². The molecule has 3 aromatic carbocycles. The van der Waals surface area contributed by atoms with Gasteiger partial charge < -0.3 is 15.2 Å². The Bertz CT molecular complexity index is 903.